The molecule has 0 spiro atoms. The molecule has 3 rings (SSSR count). The Hall–Kier alpha value is -2.40. The fraction of sp³-hybridized carbons (Fsp3) is 0.118. The largest absolute Gasteiger partial charge is 0.492 e. The molecule has 0 saturated carbocycles. The number of nitrogens with one attached hydrogen (secondary N) is 1. The van der Waals surface area contributed by atoms with Crippen LogP contribution in [0.2, 0.25) is 0 Å². The maximum atomic E-state index is 13.0. The van der Waals surface area contributed by atoms with Gasteiger partial charge < -0.3 is 10.1 Å². The molecule has 0 aliphatic heterocycles. The van der Waals surface area contributed by atoms with Crippen molar-refractivity contribution >= 4 is 22.2 Å². The summed E-state index contributed by atoms with van der Waals surface area (Å²) < 4.78 is 18.6. The zero-order chi connectivity index (χ0) is 15.4. The number of anilines is 2. The molecule has 0 atom stereocenters. The minimum Gasteiger partial charge on any atom is -0.492 e. The van der Waals surface area contributed by atoms with Gasteiger partial charge in [-0.1, -0.05) is 12.1 Å². The summed E-state index contributed by atoms with van der Waals surface area (Å²) in [5.41, 5.74) is 2.59. The average molecular weight is 314 g/mol. The van der Waals surface area contributed by atoms with Gasteiger partial charge in [0, 0.05) is 10.9 Å². The van der Waals surface area contributed by atoms with Gasteiger partial charge in [-0.05, 0) is 43.3 Å². The molecule has 0 aliphatic carbocycles. The Labute approximate surface area is 132 Å². The van der Waals surface area contributed by atoms with E-state index in [1.165, 1.54) is 23.5 Å². The number of hydrogen-bond acceptors (Lipinski definition) is 4. The first kappa shape index (κ1) is 14.5. The van der Waals surface area contributed by atoms with Crippen LogP contribution in [0.3, 0.4) is 0 Å². The minimum atomic E-state index is -0.247. The summed E-state index contributed by atoms with van der Waals surface area (Å²) in [5, 5.41) is 5.98. The van der Waals surface area contributed by atoms with E-state index in [1.807, 2.05) is 36.6 Å². The van der Waals surface area contributed by atoms with Crippen LogP contribution in [0.5, 0.6) is 5.75 Å². The molecule has 0 fully saturated rings. The third-order valence-corrected chi connectivity index (χ3v) is 3.83. The number of nitrogens with zero attached hydrogens (tertiary/aromatic N) is 1. The third-order valence-electron chi connectivity index (χ3n) is 3.07. The van der Waals surface area contributed by atoms with Crippen molar-refractivity contribution in [2.75, 3.05) is 11.9 Å². The molecule has 0 unspecified atom stereocenters. The Kier molecular flexibility index (Phi) is 4.34. The maximum absolute atomic E-state index is 13.0. The molecule has 22 heavy (non-hydrogen) atoms. The van der Waals surface area contributed by atoms with Gasteiger partial charge in [0.15, 0.2) is 5.13 Å². The smallest absolute Gasteiger partial charge is 0.187 e. The normalized spacial score (nSPS) is 10.5. The van der Waals surface area contributed by atoms with Gasteiger partial charge in [-0.3, -0.25) is 0 Å². The lowest BCUT2D eigenvalue weighted by Gasteiger charge is -2.09. The van der Waals surface area contributed by atoms with E-state index in [1.54, 1.807) is 12.1 Å². The number of halogens is 1. The van der Waals surface area contributed by atoms with Crippen LogP contribution in [0.25, 0.3) is 11.3 Å². The molecular weight excluding hydrogens is 299 g/mol. The SMILES string of the molecule is CCOc1ccccc1Nc1nc(-c2ccc(F)cc2)cs1. The first-order chi connectivity index (χ1) is 10.8. The van der Waals surface area contributed by atoms with Gasteiger partial charge in [-0.15, -0.1) is 11.3 Å². The lowest BCUT2D eigenvalue weighted by Crippen LogP contribution is -1.97. The van der Waals surface area contributed by atoms with Crippen molar-refractivity contribution in [3.05, 3.63) is 59.7 Å². The van der Waals surface area contributed by atoms with E-state index >= 15 is 0 Å². The van der Waals surface area contributed by atoms with Crippen LogP contribution >= 0.6 is 11.3 Å². The summed E-state index contributed by atoms with van der Waals surface area (Å²) in [5.74, 6) is 0.548. The molecule has 1 aromatic heterocycles. The molecular formula is C17H15FN2OS. The number of aromatic nitrogens is 1. The van der Waals surface area contributed by atoms with Gasteiger partial charge in [-0.25, -0.2) is 9.37 Å². The Morgan fingerprint density at radius 2 is 1.91 bits per heavy atom. The Bertz CT molecular complexity index is 755. The minimum absolute atomic E-state index is 0.247. The van der Waals surface area contributed by atoms with Gasteiger partial charge in [0.05, 0.1) is 18.0 Å². The fourth-order valence-electron chi connectivity index (χ4n) is 2.05. The van der Waals surface area contributed by atoms with Gasteiger partial charge >= 0.3 is 0 Å². The molecule has 1 N–H and O–H groups in total. The molecule has 0 bridgehead atoms. The number of ether oxygens (including phenoxy) is 1. The van der Waals surface area contributed by atoms with Gasteiger partial charge in [0.2, 0.25) is 0 Å². The topological polar surface area (TPSA) is 34.1 Å². The highest BCUT2D eigenvalue weighted by Gasteiger charge is 2.08. The van der Waals surface area contributed by atoms with E-state index in [0.29, 0.717) is 6.61 Å². The van der Waals surface area contributed by atoms with Crippen molar-refractivity contribution in [2.45, 2.75) is 6.92 Å². The summed E-state index contributed by atoms with van der Waals surface area (Å²) in [6.07, 6.45) is 0. The van der Waals surface area contributed by atoms with Crippen molar-refractivity contribution in [2.24, 2.45) is 0 Å². The fourth-order valence-corrected chi connectivity index (χ4v) is 2.78. The summed E-state index contributed by atoms with van der Waals surface area (Å²) in [6, 6.07) is 14.1. The second-order valence-electron chi connectivity index (χ2n) is 4.60. The molecule has 5 heteroatoms. The maximum Gasteiger partial charge on any atom is 0.187 e. The van der Waals surface area contributed by atoms with E-state index in [0.717, 1.165) is 27.8 Å². The van der Waals surface area contributed by atoms with Crippen molar-refractivity contribution in [1.82, 2.24) is 4.98 Å². The average Bonchev–Trinajstić information content (AvgIpc) is 2.99. The number of hydrogen-bond donors (Lipinski definition) is 1. The van der Waals surface area contributed by atoms with Crippen LogP contribution < -0.4 is 10.1 Å². The lowest BCUT2D eigenvalue weighted by molar-refractivity contribution is 0.342. The van der Waals surface area contributed by atoms with Crippen LogP contribution in [0.15, 0.2) is 53.9 Å². The first-order valence-electron chi connectivity index (χ1n) is 6.96. The van der Waals surface area contributed by atoms with E-state index in [-0.39, 0.29) is 5.82 Å². The van der Waals surface area contributed by atoms with Crippen LogP contribution in [0, 0.1) is 5.82 Å². The summed E-state index contributed by atoms with van der Waals surface area (Å²) in [7, 11) is 0. The predicted octanol–water partition coefficient (Wildman–Crippen LogP) is 5.09. The second-order valence-corrected chi connectivity index (χ2v) is 5.46. The van der Waals surface area contributed by atoms with Crippen LogP contribution in [-0.4, -0.2) is 11.6 Å². The van der Waals surface area contributed by atoms with Crippen molar-refractivity contribution in [1.29, 1.82) is 0 Å². The molecule has 1 heterocycles. The van der Waals surface area contributed by atoms with E-state index in [9.17, 15) is 4.39 Å². The van der Waals surface area contributed by atoms with Gasteiger partial charge in [0.25, 0.3) is 0 Å². The standard InChI is InChI=1S/C17H15FN2OS/c1-2-21-16-6-4-3-5-14(16)19-17-20-15(11-22-17)12-7-9-13(18)10-8-12/h3-11H,2H2,1H3,(H,19,20). The second kappa shape index (κ2) is 6.58. The van der Waals surface area contributed by atoms with Gasteiger partial charge in [-0.2, -0.15) is 0 Å². The van der Waals surface area contributed by atoms with Crippen LogP contribution in [0.1, 0.15) is 6.92 Å². The number of para-hydroxylation sites is 2. The molecule has 0 aliphatic rings. The molecule has 0 saturated heterocycles. The summed E-state index contributed by atoms with van der Waals surface area (Å²) >= 11 is 1.50. The summed E-state index contributed by atoms with van der Waals surface area (Å²) in [6.45, 7) is 2.56. The van der Waals surface area contributed by atoms with E-state index in [4.69, 9.17) is 4.74 Å². The Balaban J connectivity index is 1.81. The Morgan fingerprint density at radius 1 is 1.14 bits per heavy atom. The lowest BCUT2D eigenvalue weighted by atomic mass is 10.2. The zero-order valence-corrected chi connectivity index (χ0v) is 12.9. The number of rotatable bonds is 5. The highest BCUT2D eigenvalue weighted by molar-refractivity contribution is 7.14. The predicted molar refractivity (Wildman–Crippen MR) is 88.4 cm³/mol. The summed E-state index contributed by atoms with van der Waals surface area (Å²) in [4.78, 5) is 4.54. The number of thiazole rings is 1. The Morgan fingerprint density at radius 3 is 2.68 bits per heavy atom. The molecule has 112 valence electrons. The van der Waals surface area contributed by atoms with Crippen molar-refractivity contribution in [3.63, 3.8) is 0 Å². The monoisotopic (exact) mass is 314 g/mol. The molecule has 3 nitrogen and oxygen atoms in total. The molecule has 2 aromatic carbocycles. The van der Waals surface area contributed by atoms with E-state index in [2.05, 4.69) is 10.3 Å². The number of benzene rings is 2. The van der Waals surface area contributed by atoms with Crippen molar-refractivity contribution < 1.29 is 9.13 Å². The molecule has 3 aromatic rings. The highest BCUT2D eigenvalue weighted by atomic mass is 32.1. The third kappa shape index (κ3) is 3.26. The van der Waals surface area contributed by atoms with E-state index < -0.39 is 0 Å². The van der Waals surface area contributed by atoms with Gasteiger partial charge in [0.1, 0.15) is 11.6 Å². The molecule has 0 radical (unpaired) electrons. The van der Waals surface area contributed by atoms with Crippen molar-refractivity contribution in [3.8, 4) is 17.0 Å². The molecule has 0 amide bonds. The van der Waals surface area contributed by atoms with Crippen LogP contribution in [-0.2, 0) is 0 Å². The highest BCUT2D eigenvalue weighted by Crippen LogP contribution is 2.31. The van der Waals surface area contributed by atoms with Crippen LogP contribution in [0.4, 0.5) is 15.2 Å². The quantitative estimate of drug-likeness (QED) is 0.712. The first-order valence-corrected chi connectivity index (χ1v) is 7.84. The zero-order valence-electron chi connectivity index (χ0n) is 12.0.